The van der Waals surface area contributed by atoms with E-state index in [9.17, 15) is 14.7 Å². The van der Waals surface area contributed by atoms with Crippen molar-refractivity contribution in [1.29, 1.82) is 0 Å². The van der Waals surface area contributed by atoms with Gasteiger partial charge >= 0.3 is 5.97 Å². The van der Waals surface area contributed by atoms with Gasteiger partial charge in [0, 0.05) is 17.8 Å². The van der Waals surface area contributed by atoms with Crippen molar-refractivity contribution in [1.82, 2.24) is 15.5 Å². The number of carbonyl (C=O) groups is 2. The summed E-state index contributed by atoms with van der Waals surface area (Å²) in [5.74, 6) is -0.948. The van der Waals surface area contributed by atoms with Crippen molar-refractivity contribution in [2.24, 2.45) is 5.41 Å². The number of H-pyrrole nitrogens is 1. The molecule has 3 N–H and O–H groups in total. The van der Waals surface area contributed by atoms with E-state index in [2.05, 4.69) is 15.5 Å². The van der Waals surface area contributed by atoms with Gasteiger partial charge in [-0.1, -0.05) is 12.8 Å². The summed E-state index contributed by atoms with van der Waals surface area (Å²) in [6, 6.07) is 0. The van der Waals surface area contributed by atoms with Crippen molar-refractivity contribution >= 4 is 11.9 Å². The maximum absolute atomic E-state index is 12.0. The first-order valence-corrected chi connectivity index (χ1v) is 6.95. The second-order valence-corrected chi connectivity index (χ2v) is 5.66. The van der Waals surface area contributed by atoms with E-state index in [-0.39, 0.29) is 18.9 Å². The van der Waals surface area contributed by atoms with Crippen LogP contribution in [0.25, 0.3) is 0 Å². The van der Waals surface area contributed by atoms with Crippen LogP contribution < -0.4 is 5.32 Å². The van der Waals surface area contributed by atoms with Gasteiger partial charge < -0.3 is 10.4 Å². The lowest BCUT2D eigenvalue weighted by Crippen LogP contribution is -2.41. The number of carbonyl (C=O) groups excluding carboxylic acids is 1. The SMILES string of the molecule is Cc1n[nH]c(C)c1CC(=O)NCC1(C(=O)O)CCCC1. The fraction of sp³-hybridized carbons (Fsp3) is 0.643. The van der Waals surface area contributed by atoms with Crippen LogP contribution in [0.4, 0.5) is 0 Å². The van der Waals surface area contributed by atoms with Gasteiger partial charge in [-0.25, -0.2) is 0 Å². The Bertz CT molecular complexity index is 496. The third kappa shape index (κ3) is 2.84. The first-order chi connectivity index (χ1) is 9.44. The molecule has 110 valence electrons. The number of aryl methyl sites for hydroxylation is 2. The summed E-state index contributed by atoms with van der Waals surface area (Å²) in [6.07, 6.45) is 3.37. The molecule has 0 unspecified atom stereocenters. The minimum Gasteiger partial charge on any atom is -0.481 e. The molecule has 0 aromatic carbocycles. The minimum atomic E-state index is -0.800. The number of aromatic nitrogens is 2. The lowest BCUT2D eigenvalue weighted by molar-refractivity contribution is -0.148. The number of carboxylic acid groups (broad SMARTS) is 1. The Hall–Kier alpha value is -1.85. The smallest absolute Gasteiger partial charge is 0.311 e. The van der Waals surface area contributed by atoms with E-state index >= 15 is 0 Å². The zero-order valence-corrected chi connectivity index (χ0v) is 12.0. The van der Waals surface area contributed by atoms with Crippen molar-refractivity contribution < 1.29 is 14.7 Å². The van der Waals surface area contributed by atoms with Gasteiger partial charge in [-0.2, -0.15) is 5.10 Å². The van der Waals surface area contributed by atoms with Crippen LogP contribution in [0.2, 0.25) is 0 Å². The first kappa shape index (κ1) is 14.6. The maximum atomic E-state index is 12.0. The van der Waals surface area contributed by atoms with Crippen LogP contribution in [0.3, 0.4) is 0 Å². The molecule has 0 bridgehead atoms. The average molecular weight is 279 g/mol. The molecule has 0 atom stereocenters. The van der Waals surface area contributed by atoms with Gasteiger partial charge in [-0.05, 0) is 26.7 Å². The van der Waals surface area contributed by atoms with Gasteiger partial charge in [-0.3, -0.25) is 14.7 Å². The number of aliphatic carboxylic acids is 1. The van der Waals surface area contributed by atoms with E-state index in [4.69, 9.17) is 0 Å². The van der Waals surface area contributed by atoms with Gasteiger partial charge in [0.2, 0.25) is 5.91 Å². The van der Waals surface area contributed by atoms with Gasteiger partial charge in [0.05, 0.1) is 17.5 Å². The summed E-state index contributed by atoms with van der Waals surface area (Å²) in [5, 5.41) is 19.0. The highest BCUT2D eigenvalue weighted by Gasteiger charge is 2.41. The van der Waals surface area contributed by atoms with Gasteiger partial charge in [0.1, 0.15) is 0 Å². The molecular formula is C14H21N3O3. The number of aromatic amines is 1. The van der Waals surface area contributed by atoms with E-state index in [1.54, 1.807) is 0 Å². The number of amides is 1. The van der Waals surface area contributed by atoms with Crippen LogP contribution in [0, 0.1) is 19.3 Å². The van der Waals surface area contributed by atoms with Gasteiger partial charge in [-0.15, -0.1) is 0 Å². The normalized spacial score (nSPS) is 17.1. The van der Waals surface area contributed by atoms with Crippen molar-refractivity contribution in [3.05, 3.63) is 17.0 Å². The summed E-state index contributed by atoms with van der Waals surface area (Å²) in [7, 11) is 0. The molecule has 1 aromatic rings. The molecular weight excluding hydrogens is 258 g/mol. The summed E-state index contributed by atoms with van der Waals surface area (Å²) < 4.78 is 0. The minimum absolute atomic E-state index is 0.148. The molecule has 1 aliphatic rings. The predicted octanol–water partition coefficient (Wildman–Crippen LogP) is 1.33. The van der Waals surface area contributed by atoms with Crippen LogP contribution in [-0.4, -0.2) is 33.7 Å². The molecule has 6 nitrogen and oxygen atoms in total. The Labute approximate surface area is 118 Å². The number of hydrogen-bond donors (Lipinski definition) is 3. The topological polar surface area (TPSA) is 95.1 Å². The van der Waals surface area contributed by atoms with Crippen LogP contribution in [0.15, 0.2) is 0 Å². The lowest BCUT2D eigenvalue weighted by atomic mass is 9.86. The largest absolute Gasteiger partial charge is 0.481 e. The molecule has 2 rings (SSSR count). The number of nitrogens with one attached hydrogen (secondary N) is 2. The van der Waals surface area contributed by atoms with Crippen LogP contribution in [0.5, 0.6) is 0 Å². The molecule has 1 fully saturated rings. The monoisotopic (exact) mass is 279 g/mol. The fourth-order valence-corrected chi connectivity index (χ4v) is 2.84. The van der Waals surface area contributed by atoms with Crippen molar-refractivity contribution in [3.63, 3.8) is 0 Å². The van der Waals surface area contributed by atoms with Crippen LogP contribution >= 0.6 is 0 Å². The standard InChI is InChI=1S/C14H21N3O3/c1-9-11(10(2)17-16-9)7-12(18)15-8-14(13(19)20)5-3-4-6-14/h3-8H2,1-2H3,(H,15,18)(H,16,17)(H,19,20). The Balaban J connectivity index is 1.94. The summed E-state index contributed by atoms with van der Waals surface area (Å²) >= 11 is 0. The molecule has 0 saturated heterocycles. The number of rotatable bonds is 5. The highest BCUT2D eigenvalue weighted by Crippen LogP contribution is 2.37. The van der Waals surface area contributed by atoms with E-state index in [1.807, 2.05) is 13.8 Å². The lowest BCUT2D eigenvalue weighted by Gasteiger charge is -2.23. The predicted molar refractivity (Wildman–Crippen MR) is 73.3 cm³/mol. The molecule has 6 heteroatoms. The van der Waals surface area contributed by atoms with Crippen molar-refractivity contribution in [2.45, 2.75) is 46.0 Å². The fourth-order valence-electron chi connectivity index (χ4n) is 2.84. The third-order valence-corrected chi connectivity index (χ3v) is 4.26. The molecule has 1 heterocycles. The Morgan fingerprint density at radius 1 is 1.35 bits per heavy atom. The summed E-state index contributed by atoms with van der Waals surface area (Å²) in [5.41, 5.74) is 1.81. The van der Waals surface area contributed by atoms with Gasteiger partial charge in [0.15, 0.2) is 0 Å². The molecule has 0 spiro atoms. The van der Waals surface area contributed by atoms with E-state index < -0.39 is 11.4 Å². The maximum Gasteiger partial charge on any atom is 0.311 e. The average Bonchev–Trinajstić information content (AvgIpc) is 2.99. The molecule has 1 amide bonds. The molecule has 1 aromatic heterocycles. The highest BCUT2D eigenvalue weighted by molar-refractivity contribution is 5.81. The molecule has 1 saturated carbocycles. The van der Waals surface area contributed by atoms with Crippen molar-refractivity contribution in [3.8, 4) is 0 Å². The Morgan fingerprint density at radius 3 is 2.50 bits per heavy atom. The highest BCUT2D eigenvalue weighted by atomic mass is 16.4. The number of carboxylic acids is 1. The zero-order chi connectivity index (χ0) is 14.8. The number of nitrogens with zero attached hydrogens (tertiary/aromatic N) is 1. The van der Waals surface area contributed by atoms with E-state index in [1.165, 1.54) is 0 Å². The molecule has 1 aliphatic carbocycles. The van der Waals surface area contributed by atoms with E-state index in [0.717, 1.165) is 29.8 Å². The number of hydrogen-bond acceptors (Lipinski definition) is 3. The van der Waals surface area contributed by atoms with Crippen LogP contribution in [-0.2, 0) is 16.0 Å². The second-order valence-electron chi connectivity index (χ2n) is 5.66. The summed E-state index contributed by atoms with van der Waals surface area (Å²) in [4.78, 5) is 23.4. The zero-order valence-electron chi connectivity index (χ0n) is 12.0. The van der Waals surface area contributed by atoms with E-state index in [0.29, 0.717) is 12.8 Å². The Morgan fingerprint density at radius 2 is 2.00 bits per heavy atom. The third-order valence-electron chi connectivity index (χ3n) is 4.26. The molecule has 0 radical (unpaired) electrons. The van der Waals surface area contributed by atoms with Crippen LogP contribution in [0.1, 0.15) is 42.6 Å². The molecule has 20 heavy (non-hydrogen) atoms. The Kier molecular flexibility index (Phi) is 4.11. The molecule has 0 aliphatic heterocycles. The quantitative estimate of drug-likeness (QED) is 0.757. The second kappa shape index (κ2) is 5.64. The van der Waals surface area contributed by atoms with Crippen molar-refractivity contribution in [2.75, 3.05) is 6.54 Å². The summed E-state index contributed by atoms with van der Waals surface area (Å²) in [6.45, 7) is 3.94. The van der Waals surface area contributed by atoms with Gasteiger partial charge in [0.25, 0.3) is 0 Å². The first-order valence-electron chi connectivity index (χ1n) is 6.95.